The van der Waals surface area contributed by atoms with E-state index in [0.717, 1.165) is 9.87 Å². The molecule has 1 rings (SSSR count). The number of hydrogen-bond acceptors (Lipinski definition) is 2. The standard InChI is InChI=1S/C11H12Br3F2NO2S/c1-7-4-9(14)10(5-8(7)13)20(18,19)17(3-2-12)6-11(15)16/h4-5,11H,2-3,6H2,1H3. The number of nitrogens with zero attached hydrogens (tertiary/aromatic N) is 1. The van der Waals surface area contributed by atoms with Gasteiger partial charge in [-0.1, -0.05) is 31.9 Å². The number of benzene rings is 1. The second-order valence-electron chi connectivity index (χ2n) is 3.97. The highest BCUT2D eigenvalue weighted by Gasteiger charge is 2.29. The minimum atomic E-state index is -3.98. The maximum absolute atomic E-state index is 12.6. The lowest BCUT2D eigenvalue weighted by Gasteiger charge is -2.22. The Kier molecular flexibility index (Phi) is 7.04. The maximum atomic E-state index is 12.6. The van der Waals surface area contributed by atoms with Crippen LogP contribution in [-0.2, 0) is 10.0 Å². The van der Waals surface area contributed by atoms with Crippen LogP contribution in [0.1, 0.15) is 5.56 Å². The van der Waals surface area contributed by atoms with Gasteiger partial charge >= 0.3 is 0 Å². The van der Waals surface area contributed by atoms with Crippen molar-refractivity contribution in [2.75, 3.05) is 18.4 Å². The Morgan fingerprint density at radius 2 is 1.85 bits per heavy atom. The van der Waals surface area contributed by atoms with E-state index >= 15 is 0 Å². The summed E-state index contributed by atoms with van der Waals surface area (Å²) in [6.45, 7) is 0.955. The smallest absolute Gasteiger partial charge is 0.209 e. The fraction of sp³-hybridized carbons (Fsp3) is 0.455. The van der Waals surface area contributed by atoms with E-state index in [2.05, 4.69) is 47.8 Å². The summed E-state index contributed by atoms with van der Waals surface area (Å²) in [5.74, 6) is 0. The van der Waals surface area contributed by atoms with Crippen LogP contribution in [0.4, 0.5) is 8.78 Å². The molecule has 0 saturated carbocycles. The molecule has 0 spiro atoms. The van der Waals surface area contributed by atoms with E-state index in [1.165, 1.54) is 6.07 Å². The molecular weight excluding hydrogens is 488 g/mol. The SMILES string of the molecule is Cc1cc(Br)c(S(=O)(=O)N(CCBr)CC(F)F)cc1Br. The minimum Gasteiger partial charge on any atom is -0.209 e. The highest BCUT2D eigenvalue weighted by molar-refractivity contribution is 9.11. The molecule has 0 bridgehead atoms. The van der Waals surface area contributed by atoms with Crippen molar-refractivity contribution < 1.29 is 17.2 Å². The fourth-order valence-corrected chi connectivity index (χ4v) is 5.24. The van der Waals surface area contributed by atoms with Crippen LogP contribution in [0.15, 0.2) is 26.0 Å². The van der Waals surface area contributed by atoms with Crippen LogP contribution in [0.25, 0.3) is 0 Å². The summed E-state index contributed by atoms with van der Waals surface area (Å²) in [5, 5.41) is 0.281. The summed E-state index contributed by atoms with van der Waals surface area (Å²) in [6, 6.07) is 3.05. The van der Waals surface area contributed by atoms with Crippen LogP contribution in [-0.4, -0.2) is 37.6 Å². The van der Waals surface area contributed by atoms with Gasteiger partial charge in [0, 0.05) is 20.8 Å². The summed E-state index contributed by atoms with van der Waals surface area (Å²) >= 11 is 9.50. The predicted octanol–water partition coefficient (Wildman–Crippen LogP) is 4.17. The Morgan fingerprint density at radius 3 is 2.35 bits per heavy atom. The molecule has 3 nitrogen and oxygen atoms in total. The Bertz CT molecular complexity index is 581. The van der Waals surface area contributed by atoms with Crippen molar-refractivity contribution in [3.8, 4) is 0 Å². The van der Waals surface area contributed by atoms with Gasteiger partial charge in [-0.25, -0.2) is 17.2 Å². The monoisotopic (exact) mass is 497 g/mol. The lowest BCUT2D eigenvalue weighted by molar-refractivity contribution is 0.121. The second-order valence-corrected chi connectivity index (χ2v) is 8.38. The van der Waals surface area contributed by atoms with Gasteiger partial charge in [-0.05, 0) is 40.5 Å². The van der Waals surface area contributed by atoms with Gasteiger partial charge in [-0.3, -0.25) is 0 Å². The van der Waals surface area contributed by atoms with E-state index in [1.54, 1.807) is 13.0 Å². The average molecular weight is 500 g/mol. The molecule has 0 atom stereocenters. The minimum absolute atomic E-state index is 0.0232. The molecule has 1 aromatic rings. The lowest BCUT2D eigenvalue weighted by Crippen LogP contribution is -2.36. The molecule has 0 fully saturated rings. The topological polar surface area (TPSA) is 37.4 Å². The van der Waals surface area contributed by atoms with Gasteiger partial charge in [-0.15, -0.1) is 0 Å². The average Bonchev–Trinajstić information content (AvgIpc) is 2.32. The first-order valence-corrected chi connectivity index (χ1v) is 9.64. The van der Waals surface area contributed by atoms with Crippen LogP contribution >= 0.6 is 47.8 Å². The van der Waals surface area contributed by atoms with Crippen molar-refractivity contribution in [1.29, 1.82) is 0 Å². The first kappa shape index (κ1) is 18.5. The van der Waals surface area contributed by atoms with E-state index < -0.39 is 23.0 Å². The highest BCUT2D eigenvalue weighted by Crippen LogP contribution is 2.31. The first-order valence-electron chi connectivity index (χ1n) is 5.50. The molecule has 0 aliphatic heterocycles. The van der Waals surface area contributed by atoms with E-state index in [9.17, 15) is 17.2 Å². The van der Waals surface area contributed by atoms with Crippen LogP contribution in [0.5, 0.6) is 0 Å². The van der Waals surface area contributed by atoms with Crippen LogP contribution in [0, 0.1) is 6.92 Å². The molecule has 9 heteroatoms. The number of rotatable bonds is 6. The summed E-state index contributed by atoms with van der Waals surface area (Å²) in [7, 11) is -3.98. The maximum Gasteiger partial charge on any atom is 0.252 e. The van der Waals surface area contributed by atoms with Crippen molar-refractivity contribution in [2.45, 2.75) is 18.2 Å². The first-order chi connectivity index (χ1) is 9.20. The normalized spacial score (nSPS) is 12.4. The second kappa shape index (κ2) is 7.62. The van der Waals surface area contributed by atoms with Crippen molar-refractivity contribution in [3.05, 3.63) is 26.6 Å². The van der Waals surface area contributed by atoms with Crippen LogP contribution in [0.3, 0.4) is 0 Å². The summed E-state index contributed by atoms with van der Waals surface area (Å²) in [4.78, 5) is -0.0309. The lowest BCUT2D eigenvalue weighted by atomic mass is 10.2. The Balaban J connectivity index is 3.29. The predicted molar refractivity (Wildman–Crippen MR) is 85.1 cm³/mol. The Morgan fingerprint density at radius 1 is 1.25 bits per heavy atom. The molecule has 0 aromatic heterocycles. The molecule has 0 radical (unpaired) electrons. The zero-order valence-electron chi connectivity index (χ0n) is 10.4. The fourth-order valence-electron chi connectivity index (χ4n) is 1.52. The van der Waals surface area contributed by atoms with Crippen molar-refractivity contribution in [1.82, 2.24) is 4.31 Å². The molecule has 0 amide bonds. The molecule has 114 valence electrons. The number of hydrogen-bond donors (Lipinski definition) is 0. The zero-order valence-corrected chi connectivity index (χ0v) is 16.0. The number of aryl methyl sites for hydroxylation is 1. The molecular formula is C11H12Br3F2NO2S. The number of sulfonamides is 1. The Labute approximate surface area is 142 Å². The van der Waals surface area contributed by atoms with E-state index in [0.29, 0.717) is 8.95 Å². The summed E-state index contributed by atoms with van der Waals surface area (Å²) in [6.07, 6.45) is -2.73. The largest absolute Gasteiger partial charge is 0.252 e. The van der Waals surface area contributed by atoms with Gasteiger partial charge in [0.05, 0.1) is 11.4 Å². The third kappa shape index (κ3) is 4.46. The van der Waals surface area contributed by atoms with Gasteiger partial charge in [0.2, 0.25) is 10.0 Å². The molecule has 0 unspecified atom stereocenters. The highest BCUT2D eigenvalue weighted by atomic mass is 79.9. The van der Waals surface area contributed by atoms with Crippen molar-refractivity contribution in [2.24, 2.45) is 0 Å². The molecule has 0 aliphatic rings. The van der Waals surface area contributed by atoms with Crippen LogP contribution < -0.4 is 0 Å². The summed E-state index contributed by atoms with van der Waals surface area (Å²) < 4.78 is 51.8. The third-order valence-electron chi connectivity index (χ3n) is 2.51. The Hall–Kier alpha value is 0.430. The quantitative estimate of drug-likeness (QED) is 0.551. The number of alkyl halides is 3. The van der Waals surface area contributed by atoms with Gasteiger partial charge in [-0.2, -0.15) is 4.31 Å². The third-order valence-corrected chi connectivity index (χ3v) is 6.54. The molecule has 20 heavy (non-hydrogen) atoms. The number of halogens is 5. The van der Waals surface area contributed by atoms with Gasteiger partial charge < -0.3 is 0 Å². The zero-order chi connectivity index (χ0) is 15.5. The van der Waals surface area contributed by atoms with Gasteiger partial charge in [0.15, 0.2) is 0 Å². The molecule has 1 aromatic carbocycles. The van der Waals surface area contributed by atoms with Crippen molar-refractivity contribution in [3.63, 3.8) is 0 Å². The van der Waals surface area contributed by atoms with Crippen LogP contribution in [0.2, 0.25) is 0 Å². The molecule has 0 saturated heterocycles. The van der Waals surface area contributed by atoms with Gasteiger partial charge in [0.1, 0.15) is 0 Å². The van der Waals surface area contributed by atoms with E-state index in [4.69, 9.17) is 0 Å². The molecule has 0 aliphatic carbocycles. The molecule has 0 heterocycles. The van der Waals surface area contributed by atoms with E-state index in [1.807, 2.05) is 0 Å². The molecule has 0 N–H and O–H groups in total. The van der Waals surface area contributed by atoms with E-state index in [-0.39, 0.29) is 16.8 Å². The van der Waals surface area contributed by atoms with Gasteiger partial charge in [0.25, 0.3) is 6.43 Å². The van der Waals surface area contributed by atoms with Crippen molar-refractivity contribution >= 4 is 57.8 Å². The summed E-state index contributed by atoms with van der Waals surface area (Å²) in [5.41, 5.74) is 0.844.